The molecule has 110 valence electrons. The van der Waals surface area contributed by atoms with E-state index in [4.69, 9.17) is 0 Å². The van der Waals surface area contributed by atoms with E-state index in [1.165, 1.54) is 11.8 Å². The molecule has 1 heterocycles. The van der Waals surface area contributed by atoms with Gasteiger partial charge in [0.1, 0.15) is 6.54 Å². The van der Waals surface area contributed by atoms with E-state index in [2.05, 4.69) is 11.4 Å². The summed E-state index contributed by atoms with van der Waals surface area (Å²) in [7, 11) is 1.99. The standard InChI is InChI=1S/C16H18N2O2S/c1-12(19)13-5-3-6-14(9-13)17-16(20)11-18(2)10-15-7-4-8-21-15/h3-9H,10-11H2,1-2H3,(H,17,20)/p+1. The molecule has 5 heteroatoms. The van der Waals surface area contributed by atoms with Crippen molar-refractivity contribution in [1.29, 1.82) is 0 Å². The summed E-state index contributed by atoms with van der Waals surface area (Å²) in [5.74, 6) is -0.0590. The summed E-state index contributed by atoms with van der Waals surface area (Å²) in [5.41, 5.74) is 1.27. The summed E-state index contributed by atoms with van der Waals surface area (Å²) in [6, 6.07) is 11.1. The molecule has 2 rings (SSSR count). The highest BCUT2D eigenvalue weighted by Gasteiger charge is 2.11. The van der Waals surface area contributed by atoms with E-state index in [1.54, 1.807) is 35.6 Å². The number of anilines is 1. The quantitative estimate of drug-likeness (QED) is 0.797. The molecule has 2 N–H and O–H groups in total. The fourth-order valence-electron chi connectivity index (χ4n) is 2.07. The molecule has 0 saturated carbocycles. The molecule has 0 bridgehead atoms. The van der Waals surface area contributed by atoms with Gasteiger partial charge in [0.15, 0.2) is 12.3 Å². The molecular formula is C16H19N2O2S+. The summed E-state index contributed by atoms with van der Waals surface area (Å²) in [6.45, 7) is 2.74. The molecule has 1 atom stereocenters. The van der Waals surface area contributed by atoms with E-state index in [-0.39, 0.29) is 11.7 Å². The molecule has 4 nitrogen and oxygen atoms in total. The topological polar surface area (TPSA) is 50.6 Å². The molecule has 0 aliphatic heterocycles. The first kappa shape index (κ1) is 15.4. The Morgan fingerprint density at radius 1 is 1.24 bits per heavy atom. The second kappa shape index (κ2) is 7.15. The van der Waals surface area contributed by atoms with Crippen LogP contribution >= 0.6 is 11.3 Å². The Balaban J connectivity index is 1.89. The second-order valence-corrected chi connectivity index (χ2v) is 6.11. The number of hydrogen-bond acceptors (Lipinski definition) is 3. The monoisotopic (exact) mass is 303 g/mol. The Labute approximate surface area is 128 Å². The Morgan fingerprint density at radius 2 is 2.05 bits per heavy atom. The van der Waals surface area contributed by atoms with Crippen LogP contribution in [0, 0.1) is 0 Å². The van der Waals surface area contributed by atoms with Crippen molar-refractivity contribution in [3.8, 4) is 0 Å². The van der Waals surface area contributed by atoms with Gasteiger partial charge in [0.25, 0.3) is 5.91 Å². The maximum atomic E-state index is 12.0. The molecule has 1 aromatic heterocycles. The minimum Gasteiger partial charge on any atom is -0.325 e. The van der Waals surface area contributed by atoms with Crippen LogP contribution in [0.25, 0.3) is 0 Å². The first-order valence-electron chi connectivity index (χ1n) is 6.79. The molecule has 21 heavy (non-hydrogen) atoms. The smallest absolute Gasteiger partial charge is 0.279 e. The van der Waals surface area contributed by atoms with Gasteiger partial charge in [0.05, 0.1) is 11.9 Å². The van der Waals surface area contributed by atoms with E-state index in [9.17, 15) is 9.59 Å². The van der Waals surface area contributed by atoms with Gasteiger partial charge in [-0.2, -0.15) is 0 Å². The minimum absolute atomic E-state index is 0.00784. The van der Waals surface area contributed by atoms with Crippen molar-refractivity contribution in [2.24, 2.45) is 0 Å². The van der Waals surface area contributed by atoms with Crippen LogP contribution in [0.5, 0.6) is 0 Å². The van der Waals surface area contributed by atoms with Crippen LogP contribution < -0.4 is 10.2 Å². The number of rotatable bonds is 6. The van der Waals surface area contributed by atoms with Crippen LogP contribution in [-0.4, -0.2) is 25.3 Å². The van der Waals surface area contributed by atoms with Gasteiger partial charge in [-0.05, 0) is 30.5 Å². The number of hydrogen-bond donors (Lipinski definition) is 2. The SMILES string of the molecule is CC(=O)c1cccc(NC(=O)C[NH+](C)Cc2cccs2)c1. The van der Waals surface area contributed by atoms with Gasteiger partial charge in [-0.15, -0.1) is 11.3 Å². The molecule has 0 fully saturated rings. The van der Waals surface area contributed by atoms with Crippen molar-refractivity contribution in [2.75, 3.05) is 18.9 Å². The second-order valence-electron chi connectivity index (χ2n) is 5.08. The Kier molecular flexibility index (Phi) is 5.25. The van der Waals surface area contributed by atoms with Gasteiger partial charge in [0.2, 0.25) is 0 Å². The molecule has 0 aliphatic rings. The minimum atomic E-state index is -0.0511. The molecule has 0 spiro atoms. The summed E-state index contributed by atoms with van der Waals surface area (Å²) in [5, 5.41) is 4.88. The van der Waals surface area contributed by atoms with Crippen molar-refractivity contribution in [1.82, 2.24) is 0 Å². The van der Waals surface area contributed by atoms with Crippen LogP contribution in [0.15, 0.2) is 41.8 Å². The summed E-state index contributed by atoms with van der Waals surface area (Å²) in [6.07, 6.45) is 0. The number of thiophene rings is 1. The fourth-order valence-corrected chi connectivity index (χ4v) is 2.89. The number of amides is 1. The Bertz CT molecular complexity index is 623. The summed E-state index contributed by atoms with van der Waals surface area (Å²) >= 11 is 1.70. The van der Waals surface area contributed by atoms with Gasteiger partial charge < -0.3 is 10.2 Å². The Hall–Kier alpha value is -1.98. The largest absolute Gasteiger partial charge is 0.325 e. The normalized spacial score (nSPS) is 11.9. The zero-order valence-electron chi connectivity index (χ0n) is 12.2. The van der Waals surface area contributed by atoms with E-state index in [1.807, 2.05) is 18.5 Å². The van der Waals surface area contributed by atoms with E-state index >= 15 is 0 Å². The van der Waals surface area contributed by atoms with Crippen molar-refractivity contribution in [2.45, 2.75) is 13.5 Å². The third kappa shape index (κ3) is 4.81. The van der Waals surface area contributed by atoms with E-state index in [0.29, 0.717) is 17.8 Å². The number of carbonyl (C=O) groups is 2. The van der Waals surface area contributed by atoms with Crippen molar-refractivity contribution >= 4 is 28.7 Å². The van der Waals surface area contributed by atoms with Crippen LogP contribution in [0.3, 0.4) is 0 Å². The highest BCUT2D eigenvalue weighted by atomic mass is 32.1. The molecule has 0 saturated heterocycles. The van der Waals surface area contributed by atoms with Gasteiger partial charge in [-0.1, -0.05) is 18.2 Å². The van der Waals surface area contributed by atoms with Gasteiger partial charge >= 0.3 is 0 Å². The number of nitrogens with one attached hydrogen (secondary N) is 2. The highest BCUT2D eigenvalue weighted by Crippen LogP contribution is 2.10. The number of carbonyl (C=O) groups excluding carboxylic acids is 2. The highest BCUT2D eigenvalue weighted by molar-refractivity contribution is 7.09. The number of ketones is 1. The van der Waals surface area contributed by atoms with Crippen molar-refractivity contribution in [3.05, 3.63) is 52.2 Å². The first-order chi connectivity index (χ1) is 10.0. The fraction of sp³-hybridized carbons (Fsp3) is 0.250. The van der Waals surface area contributed by atoms with Gasteiger partial charge in [-0.25, -0.2) is 0 Å². The lowest BCUT2D eigenvalue weighted by Gasteiger charge is -2.13. The third-order valence-corrected chi connectivity index (χ3v) is 3.95. The first-order valence-corrected chi connectivity index (χ1v) is 7.67. The van der Waals surface area contributed by atoms with E-state index in [0.717, 1.165) is 11.4 Å². The zero-order chi connectivity index (χ0) is 15.2. The van der Waals surface area contributed by atoms with Crippen LogP contribution in [0.4, 0.5) is 5.69 Å². The summed E-state index contributed by atoms with van der Waals surface area (Å²) in [4.78, 5) is 25.7. The predicted octanol–water partition coefficient (Wildman–Crippen LogP) is 1.60. The predicted molar refractivity (Wildman–Crippen MR) is 84.9 cm³/mol. The van der Waals surface area contributed by atoms with Crippen LogP contribution in [0.2, 0.25) is 0 Å². The van der Waals surface area contributed by atoms with Crippen molar-refractivity contribution < 1.29 is 14.5 Å². The molecule has 1 unspecified atom stereocenters. The summed E-state index contributed by atoms with van der Waals surface area (Å²) < 4.78 is 0. The van der Waals surface area contributed by atoms with E-state index < -0.39 is 0 Å². The molecule has 1 aromatic carbocycles. The van der Waals surface area contributed by atoms with Gasteiger partial charge in [-0.3, -0.25) is 9.59 Å². The molecule has 2 aromatic rings. The number of Topliss-reactive ketones (excluding diaryl/α,β-unsaturated/α-hetero) is 1. The lowest BCUT2D eigenvalue weighted by molar-refractivity contribution is -0.884. The zero-order valence-corrected chi connectivity index (χ0v) is 13.0. The molecular weight excluding hydrogens is 284 g/mol. The lowest BCUT2D eigenvalue weighted by Crippen LogP contribution is -3.08. The molecule has 0 aliphatic carbocycles. The Morgan fingerprint density at radius 3 is 2.71 bits per heavy atom. The number of likely N-dealkylation sites (N-methyl/N-ethyl adjacent to an activating group) is 1. The van der Waals surface area contributed by atoms with Crippen LogP contribution in [-0.2, 0) is 11.3 Å². The van der Waals surface area contributed by atoms with Crippen LogP contribution in [0.1, 0.15) is 22.2 Å². The number of quaternary nitrogens is 1. The molecule has 1 amide bonds. The maximum Gasteiger partial charge on any atom is 0.279 e. The third-order valence-electron chi connectivity index (χ3n) is 3.07. The van der Waals surface area contributed by atoms with Gasteiger partial charge in [0, 0.05) is 11.3 Å². The molecule has 0 radical (unpaired) electrons. The average Bonchev–Trinajstić information content (AvgIpc) is 2.91. The van der Waals surface area contributed by atoms with Crippen molar-refractivity contribution in [3.63, 3.8) is 0 Å². The number of benzene rings is 1. The average molecular weight is 303 g/mol. The maximum absolute atomic E-state index is 12.0. The lowest BCUT2D eigenvalue weighted by atomic mass is 10.1.